The molecule has 1 N–H and O–H groups in total. The zero-order valence-electron chi connectivity index (χ0n) is 10.1. The number of nitrogens with zero attached hydrogens (tertiary/aromatic N) is 2. The van der Waals surface area contributed by atoms with Crippen LogP contribution in [0.1, 0.15) is 55.6 Å². The Morgan fingerprint density at radius 3 is 2.81 bits per heavy atom. The second kappa shape index (κ2) is 4.21. The third kappa shape index (κ3) is 1.67. The normalized spacial score (nSPS) is 26.7. The highest BCUT2D eigenvalue weighted by molar-refractivity contribution is 5.12. The maximum absolute atomic E-state index is 4.67. The molecule has 3 rings (SSSR count). The molecule has 1 aromatic heterocycles. The molecule has 3 nitrogen and oxygen atoms in total. The van der Waals surface area contributed by atoms with E-state index in [1.165, 1.54) is 50.2 Å². The molecule has 0 amide bonds. The van der Waals surface area contributed by atoms with Crippen LogP contribution < -0.4 is 5.32 Å². The molecular weight excluding hydrogens is 198 g/mol. The fourth-order valence-corrected chi connectivity index (χ4v) is 2.96. The van der Waals surface area contributed by atoms with Crippen LogP contribution in [-0.4, -0.2) is 22.6 Å². The van der Waals surface area contributed by atoms with E-state index in [9.17, 15) is 0 Å². The lowest BCUT2D eigenvalue weighted by Crippen LogP contribution is -2.31. The van der Waals surface area contributed by atoms with Crippen molar-refractivity contribution in [3.05, 3.63) is 17.7 Å². The summed E-state index contributed by atoms with van der Waals surface area (Å²) in [7, 11) is 0. The molecule has 2 aliphatic rings. The maximum Gasteiger partial charge on any atom is 0.113 e. The van der Waals surface area contributed by atoms with Gasteiger partial charge < -0.3 is 9.88 Å². The molecule has 0 bridgehead atoms. The van der Waals surface area contributed by atoms with Crippen molar-refractivity contribution < 1.29 is 0 Å². The summed E-state index contributed by atoms with van der Waals surface area (Å²) in [6, 6.07) is 0.749. The SMILES string of the molecule is Cc1cnc(C2CCCNC2)n1C1CCC1. The molecule has 16 heavy (non-hydrogen) atoms. The van der Waals surface area contributed by atoms with E-state index in [0.717, 1.165) is 12.6 Å². The van der Waals surface area contributed by atoms with Crippen LogP contribution in [0.25, 0.3) is 0 Å². The highest BCUT2D eigenvalue weighted by atomic mass is 15.1. The molecule has 1 atom stereocenters. The summed E-state index contributed by atoms with van der Waals surface area (Å²) in [6.45, 7) is 4.49. The van der Waals surface area contributed by atoms with Gasteiger partial charge in [-0.1, -0.05) is 0 Å². The molecule has 1 saturated heterocycles. The Morgan fingerprint density at radius 2 is 2.19 bits per heavy atom. The lowest BCUT2D eigenvalue weighted by molar-refractivity contribution is 0.291. The van der Waals surface area contributed by atoms with Crippen LogP contribution in [0.3, 0.4) is 0 Å². The number of rotatable bonds is 2. The lowest BCUT2D eigenvalue weighted by atomic mass is 9.91. The second-order valence-corrected chi connectivity index (χ2v) is 5.26. The van der Waals surface area contributed by atoms with Crippen molar-refractivity contribution in [3.63, 3.8) is 0 Å². The van der Waals surface area contributed by atoms with Crippen molar-refractivity contribution >= 4 is 0 Å². The van der Waals surface area contributed by atoms with E-state index < -0.39 is 0 Å². The van der Waals surface area contributed by atoms with Gasteiger partial charge in [0.1, 0.15) is 5.82 Å². The van der Waals surface area contributed by atoms with Crippen molar-refractivity contribution in [2.75, 3.05) is 13.1 Å². The molecule has 2 heterocycles. The molecule has 0 aromatic carbocycles. The van der Waals surface area contributed by atoms with Gasteiger partial charge in [-0.3, -0.25) is 0 Å². The topological polar surface area (TPSA) is 29.9 Å². The van der Waals surface area contributed by atoms with Gasteiger partial charge >= 0.3 is 0 Å². The molecule has 3 heteroatoms. The van der Waals surface area contributed by atoms with E-state index in [2.05, 4.69) is 28.0 Å². The summed E-state index contributed by atoms with van der Waals surface area (Å²) in [6.07, 6.45) is 8.75. The number of hydrogen-bond acceptors (Lipinski definition) is 2. The van der Waals surface area contributed by atoms with E-state index in [4.69, 9.17) is 0 Å². The summed E-state index contributed by atoms with van der Waals surface area (Å²) < 4.78 is 2.52. The van der Waals surface area contributed by atoms with Crippen LogP contribution >= 0.6 is 0 Å². The number of aryl methyl sites for hydroxylation is 1. The van der Waals surface area contributed by atoms with Gasteiger partial charge in [-0.05, 0) is 45.6 Å². The summed E-state index contributed by atoms with van der Waals surface area (Å²) in [5.41, 5.74) is 1.35. The highest BCUT2D eigenvalue weighted by Crippen LogP contribution is 2.36. The van der Waals surface area contributed by atoms with E-state index in [-0.39, 0.29) is 0 Å². The fourth-order valence-electron chi connectivity index (χ4n) is 2.96. The number of nitrogens with one attached hydrogen (secondary N) is 1. The van der Waals surface area contributed by atoms with Crippen molar-refractivity contribution in [2.24, 2.45) is 0 Å². The smallest absolute Gasteiger partial charge is 0.113 e. The predicted molar refractivity (Wildman–Crippen MR) is 64.7 cm³/mol. The van der Waals surface area contributed by atoms with Crippen LogP contribution in [0.4, 0.5) is 0 Å². The highest BCUT2D eigenvalue weighted by Gasteiger charge is 2.27. The van der Waals surface area contributed by atoms with E-state index in [0.29, 0.717) is 5.92 Å². The van der Waals surface area contributed by atoms with Crippen molar-refractivity contribution in [1.29, 1.82) is 0 Å². The third-order valence-electron chi connectivity index (χ3n) is 4.11. The zero-order chi connectivity index (χ0) is 11.0. The lowest BCUT2D eigenvalue weighted by Gasteiger charge is -2.32. The quantitative estimate of drug-likeness (QED) is 0.827. The van der Waals surface area contributed by atoms with Crippen LogP contribution in [0.15, 0.2) is 6.20 Å². The summed E-state index contributed by atoms with van der Waals surface area (Å²) in [4.78, 5) is 4.67. The minimum atomic E-state index is 0.642. The van der Waals surface area contributed by atoms with Crippen molar-refractivity contribution in [2.45, 2.75) is 51.0 Å². The average molecular weight is 219 g/mol. The molecule has 0 spiro atoms. The fraction of sp³-hybridized carbons (Fsp3) is 0.769. The Kier molecular flexibility index (Phi) is 2.72. The number of imidazole rings is 1. The molecule has 1 aromatic rings. The van der Waals surface area contributed by atoms with Gasteiger partial charge in [0, 0.05) is 30.4 Å². The maximum atomic E-state index is 4.67. The molecule has 1 aliphatic carbocycles. The minimum absolute atomic E-state index is 0.642. The standard InChI is InChI=1S/C13H21N3/c1-10-8-15-13(11-4-3-7-14-9-11)16(10)12-5-2-6-12/h8,11-12,14H,2-7,9H2,1H3. The van der Waals surface area contributed by atoms with Gasteiger partial charge in [-0.25, -0.2) is 4.98 Å². The molecule has 1 saturated carbocycles. The van der Waals surface area contributed by atoms with Crippen molar-refractivity contribution in [3.8, 4) is 0 Å². The monoisotopic (exact) mass is 219 g/mol. The van der Waals surface area contributed by atoms with Crippen LogP contribution in [0.2, 0.25) is 0 Å². The minimum Gasteiger partial charge on any atom is -0.329 e. The first-order chi connectivity index (χ1) is 7.86. The number of hydrogen-bond donors (Lipinski definition) is 1. The van der Waals surface area contributed by atoms with Crippen LogP contribution in [-0.2, 0) is 0 Å². The van der Waals surface area contributed by atoms with Gasteiger partial charge in [0.15, 0.2) is 0 Å². The molecule has 0 radical (unpaired) electrons. The Labute approximate surface area is 97.3 Å². The first-order valence-electron chi connectivity index (χ1n) is 6.60. The Hall–Kier alpha value is -0.830. The Morgan fingerprint density at radius 1 is 1.31 bits per heavy atom. The molecule has 88 valence electrons. The second-order valence-electron chi connectivity index (χ2n) is 5.26. The molecule has 1 unspecified atom stereocenters. The van der Waals surface area contributed by atoms with E-state index in [1.807, 2.05) is 0 Å². The largest absolute Gasteiger partial charge is 0.329 e. The van der Waals surface area contributed by atoms with Gasteiger partial charge in [0.25, 0.3) is 0 Å². The van der Waals surface area contributed by atoms with Crippen LogP contribution in [0, 0.1) is 6.92 Å². The van der Waals surface area contributed by atoms with Gasteiger partial charge in [0.05, 0.1) is 0 Å². The molecule has 1 aliphatic heterocycles. The van der Waals surface area contributed by atoms with E-state index >= 15 is 0 Å². The van der Waals surface area contributed by atoms with Crippen LogP contribution in [0.5, 0.6) is 0 Å². The Bertz CT molecular complexity index is 359. The summed E-state index contributed by atoms with van der Waals surface area (Å²) >= 11 is 0. The van der Waals surface area contributed by atoms with E-state index in [1.54, 1.807) is 0 Å². The Balaban J connectivity index is 1.87. The number of aromatic nitrogens is 2. The first kappa shape index (κ1) is 10.3. The molecule has 2 fully saturated rings. The summed E-state index contributed by atoms with van der Waals surface area (Å²) in [5.74, 6) is 1.98. The summed E-state index contributed by atoms with van der Waals surface area (Å²) in [5, 5.41) is 3.49. The van der Waals surface area contributed by atoms with Crippen molar-refractivity contribution in [1.82, 2.24) is 14.9 Å². The average Bonchev–Trinajstić information content (AvgIpc) is 2.60. The first-order valence-corrected chi connectivity index (χ1v) is 6.60. The zero-order valence-corrected chi connectivity index (χ0v) is 10.1. The predicted octanol–water partition coefficient (Wildman–Crippen LogP) is 2.38. The van der Waals surface area contributed by atoms with Gasteiger partial charge in [0.2, 0.25) is 0 Å². The molecular formula is C13H21N3. The van der Waals surface area contributed by atoms with Gasteiger partial charge in [-0.15, -0.1) is 0 Å². The van der Waals surface area contributed by atoms with Gasteiger partial charge in [-0.2, -0.15) is 0 Å². The number of piperidine rings is 1. The third-order valence-corrected chi connectivity index (χ3v) is 4.11.